The minimum atomic E-state index is -1.19. The number of rotatable bonds is 3. The standard InChI is InChI=1S/C13H9ClF2N2O3S/c1-5-10(12(20)21-2)22-13(17-5)18-11(19)6-3-8(15)9(16)4-7(6)14/h3-4H,1-2H3,(H,17,18,19). The maximum absolute atomic E-state index is 13.2. The molecule has 1 heterocycles. The van der Waals surface area contributed by atoms with Crippen molar-refractivity contribution < 1.29 is 23.1 Å². The Hall–Kier alpha value is -2.06. The van der Waals surface area contributed by atoms with E-state index in [9.17, 15) is 18.4 Å². The predicted octanol–water partition coefficient (Wildman–Crippen LogP) is 3.42. The highest BCUT2D eigenvalue weighted by Crippen LogP contribution is 2.25. The van der Waals surface area contributed by atoms with E-state index in [0.717, 1.165) is 11.3 Å². The van der Waals surface area contributed by atoms with Crippen molar-refractivity contribution >= 4 is 39.9 Å². The summed E-state index contributed by atoms with van der Waals surface area (Å²) in [6.45, 7) is 1.57. The number of anilines is 1. The molecule has 0 radical (unpaired) electrons. The fourth-order valence-electron chi connectivity index (χ4n) is 1.59. The molecular weight excluding hydrogens is 338 g/mol. The van der Waals surface area contributed by atoms with Crippen molar-refractivity contribution in [2.45, 2.75) is 6.92 Å². The van der Waals surface area contributed by atoms with Crippen molar-refractivity contribution in [1.29, 1.82) is 0 Å². The van der Waals surface area contributed by atoms with E-state index in [-0.39, 0.29) is 20.6 Å². The van der Waals surface area contributed by atoms with E-state index in [1.807, 2.05) is 0 Å². The highest BCUT2D eigenvalue weighted by molar-refractivity contribution is 7.17. The lowest BCUT2D eigenvalue weighted by Crippen LogP contribution is -2.13. The summed E-state index contributed by atoms with van der Waals surface area (Å²) in [4.78, 5) is 27.7. The lowest BCUT2D eigenvalue weighted by atomic mass is 10.2. The summed E-state index contributed by atoms with van der Waals surface area (Å²) in [6.07, 6.45) is 0. The SMILES string of the molecule is COC(=O)c1sc(NC(=O)c2cc(F)c(F)cc2Cl)nc1C. The van der Waals surface area contributed by atoms with Gasteiger partial charge in [-0.05, 0) is 19.1 Å². The number of nitrogens with one attached hydrogen (secondary N) is 1. The minimum absolute atomic E-state index is 0.115. The molecule has 1 amide bonds. The van der Waals surface area contributed by atoms with Gasteiger partial charge in [-0.2, -0.15) is 0 Å². The second kappa shape index (κ2) is 6.37. The first-order chi connectivity index (χ1) is 10.3. The zero-order valence-corrected chi connectivity index (χ0v) is 12.9. The van der Waals surface area contributed by atoms with Crippen LogP contribution in [0.1, 0.15) is 25.7 Å². The highest BCUT2D eigenvalue weighted by atomic mass is 35.5. The van der Waals surface area contributed by atoms with Crippen LogP contribution in [0, 0.1) is 18.6 Å². The number of ether oxygens (including phenoxy) is 1. The Bertz CT molecular complexity index is 764. The van der Waals surface area contributed by atoms with Crippen molar-refractivity contribution in [1.82, 2.24) is 4.98 Å². The van der Waals surface area contributed by atoms with Gasteiger partial charge in [0.25, 0.3) is 5.91 Å². The van der Waals surface area contributed by atoms with E-state index in [4.69, 9.17) is 11.6 Å². The van der Waals surface area contributed by atoms with Crippen LogP contribution in [0.4, 0.5) is 13.9 Å². The van der Waals surface area contributed by atoms with Gasteiger partial charge in [-0.1, -0.05) is 22.9 Å². The molecule has 0 fully saturated rings. The number of amides is 1. The Kier molecular flexibility index (Phi) is 4.72. The highest BCUT2D eigenvalue weighted by Gasteiger charge is 2.19. The first kappa shape index (κ1) is 16.3. The molecule has 0 bridgehead atoms. The van der Waals surface area contributed by atoms with E-state index < -0.39 is 23.5 Å². The lowest BCUT2D eigenvalue weighted by Gasteiger charge is -2.04. The molecule has 0 aliphatic rings. The number of carbonyl (C=O) groups is 2. The zero-order valence-electron chi connectivity index (χ0n) is 11.4. The van der Waals surface area contributed by atoms with Crippen LogP contribution in [0.15, 0.2) is 12.1 Å². The topological polar surface area (TPSA) is 68.3 Å². The number of halogens is 3. The summed E-state index contributed by atoms with van der Waals surface area (Å²) in [5.41, 5.74) is 0.136. The first-order valence-corrected chi connectivity index (χ1v) is 7.04. The van der Waals surface area contributed by atoms with Gasteiger partial charge >= 0.3 is 5.97 Å². The van der Waals surface area contributed by atoms with Crippen molar-refractivity contribution in [2.75, 3.05) is 12.4 Å². The number of carbonyl (C=O) groups excluding carboxylic acids is 2. The number of esters is 1. The zero-order chi connectivity index (χ0) is 16.4. The molecule has 0 unspecified atom stereocenters. The van der Waals surface area contributed by atoms with Crippen LogP contribution in [-0.4, -0.2) is 24.0 Å². The van der Waals surface area contributed by atoms with Gasteiger partial charge in [0.1, 0.15) is 4.88 Å². The summed E-state index contributed by atoms with van der Waals surface area (Å²) in [5, 5.41) is 2.25. The second-order valence-corrected chi connectivity index (χ2v) is 5.53. The maximum atomic E-state index is 13.2. The molecular formula is C13H9ClF2N2O3S. The van der Waals surface area contributed by atoms with E-state index in [2.05, 4.69) is 15.0 Å². The normalized spacial score (nSPS) is 10.4. The Morgan fingerprint density at radius 3 is 2.59 bits per heavy atom. The molecule has 116 valence electrons. The molecule has 2 rings (SSSR count). The van der Waals surface area contributed by atoms with Gasteiger partial charge in [-0.15, -0.1) is 0 Å². The van der Waals surface area contributed by atoms with Gasteiger partial charge in [0.15, 0.2) is 16.8 Å². The van der Waals surface area contributed by atoms with Crippen molar-refractivity contribution in [3.8, 4) is 0 Å². The number of thiazole rings is 1. The second-order valence-electron chi connectivity index (χ2n) is 4.13. The fourth-order valence-corrected chi connectivity index (χ4v) is 2.71. The summed E-state index contributed by atoms with van der Waals surface area (Å²) in [5.74, 6) is -3.70. The number of nitrogens with zero attached hydrogens (tertiary/aromatic N) is 1. The fraction of sp³-hybridized carbons (Fsp3) is 0.154. The molecule has 1 aromatic heterocycles. The quantitative estimate of drug-likeness (QED) is 0.683. The third-order valence-electron chi connectivity index (χ3n) is 2.64. The first-order valence-electron chi connectivity index (χ1n) is 5.85. The van der Waals surface area contributed by atoms with Crippen molar-refractivity contribution in [3.63, 3.8) is 0 Å². The number of methoxy groups -OCH3 is 1. The number of hydrogen-bond donors (Lipinski definition) is 1. The van der Waals surface area contributed by atoms with Crippen LogP contribution >= 0.6 is 22.9 Å². The molecule has 9 heteroatoms. The van der Waals surface area contributed by atoms with Gasteiger partial charge in [0.05, 0.1) is 23.4 Å². The molecule has 5 nitrogen and oxygen atoms in total. The van der Waals surface area contributed by atoms with Crippen molar-refractivity contribution in [2.24, 2.45) is 0 Å². The Morgan fingerprint density at radius 2 is 1.95 bits per heavy atom. The van der Waals surface area contributed by atoms with E-state index in [1.54, 1.807) is 6.92 Å². The average molecular weight is 347 g/mol. The monoisotopic (exact) mass is 346 g/mol. The van der Waals surface area contributed by atoms with Gasteiger partial charge in [0, 0.05) is 0 Å². The Morgan fingerprint density at radius 1 is 1.32 bits per heavy atom. The predicted molar refractivity (Wildman–Crippen MR) is 77.5 cm³/mol. The van der Waals surface area contributed by atoms with Gasteiger partial charge in [0.2, 0.25) is 0 Å². The van der Waals surface area contributed by atoms with Crippen LogP contribution in [0.5, 0.6) is 0 Å². The number of aryl methyl sites for hydroxylation is 1. The minimum Gasteiger partial charge on any atom is -0.465 e. The molecule has 0 spiro atoms. The molecule has 22 heavy (non-hydrogen) atoms. The average Bonchev–Trinajstić information content (AvgIpc) is 2.82. The molecule has 0 atom stereocenters. The van der Waals surface area contributed by atoms with E-state index in [1.165, 1.54) is 7.11 Å². The largest absolute Gasteiger partial charge is 0.465 e. The third-order valence-corrected chi connectivity index (χ3v) is 4.01. The number of hydrogen-bond acceptors (Lipinski definition) is 5. The molecule has 1 N–H and O–H groups in total. The molecule has 1 aromatic carbocycles. The summed E-state index contributed by atoms with van der Waals surface area (Å²) in [7, 11) is 1.22. The molecule has 0 aliphatic heterocycles. The molecule has 0 saturated carbocycles. The van der Waals surface area contributed by atoms with E-state index >= 15 is 0 Å². The van der Waals surface area contributed by atoms with Gasteiger partial charge < -0.3 is 4.74 Å². The van der Waals surface area contributed by atoms with Crippen LogP contribution in [0.25, 0.3) is 0 Å². The maximum Gasteiger partial charge on any atom is 0.350 e. The van der Waals surface area contributed by atoms with Gasteiger partial charge in [-0.3, -0.25) is 10.1 Å². The molecule has 2 aromatic rings. The van der Waals surface area contributed by atoms with E-state index in [0.29, 0.717) is 17.8 Å². The Labute approximate surface area is 132 Å². The van der Waals surface area contributed by atoms with Gasteiger partial charge in [-0.25, -0.2) is 18.6 Å². The summed E-state index contributed by atoms with van der Waals surface area (Å²) in [6, 6.07) is 1.40. The van der Waals surface area contributed by atoms with Crippen LogP contribution in [0.2, 0.25) is 5.02 Å². The molecule has 0 saturated heterocycles. The molecule has 0 aliphatic carbocycles. The van der Waals surface area contributed by atoms with Crippen molar-refractivity contribution in [3.05, 3.63) is 44.9 Å². The lowest BCUT2D eigenvalue weighted by molar-refractivity contribution is 0.0605. The van der Waals surface area contributed by atoms with Crippen LogP contribution in [-0.2, 0) is 4.74 Å². The smallest absolute Gasteiger partial charge is 0.350 e. The summed E-state index contributed by atoms with van der Waals surface area (Å²) < 4.78 is 30.7. The number of aromatic nitrogens is 1. The Balaban J connectivity index is 2.26. The van der Waals surface area contributed by atoms with Crippen LogP contribution in [0.3, 0.4) is 0 Å². The third kappa shape index (κ3) is 3.23. The summed E-state index contributed by atoms with van der Waals surface area (Å²) >= 11 is 6.61. The van der Waals surface area contributed by atoms with Crippen LogP contribution < -0.4 is 5.32 Å². The number of benzene rings is 1.